The van der Waals surface area contributed by atoms with Crippen molar-refractivity contribution in [3.63, 3.8) is 0 Å². The molecule has 4 rings (SSSR count). The summed E-state index contributed by atoms with van der Waals surface area (Å²) in [6.07, 6.45) is 0.674. The molecule has 0 aromatic heterocycles. The van der Waals surface area contributed by atoms with Crippen molar-refractivity contribution in [1.82, 2.24) is 0 Å². The number of para-hydroxylation sites is 3. The number of rotatable bonds is 6. The summed E-state index contributed by atoms with van der Waals surface area (Å²) in [5.74, 6) is -0.0299. The Bertz CT molecular complexity index is 844. The van der Waals surface area contributed by atoms with Crippen molar-refractivity contribution in [2.45, 2.75) is 19.1 Å². The molecule has 0 atom stereocenters. The zero-order chi connectivity index (χ0) is 18.9. The van der Waals surface area contributed by atoms with Gasteiger partial charge in [0.1, 0.15) is 0 Å². The van der Waals surface area contributed by atoms with E-state index in [0.29, 0.717) is 44.3 Å². The number of ether oxygens (including phenoxy) is 4. The number of carbonyl (C=O) groups is 1. The summed E-state index contributed by atoms with van der Waals surface area (Å²) in [5, 5.41) is 0. The lowest BCUT2D eigenvalue weighted by atomic mass is 10.0. The van der Waals surface area contributed by atoms with Gasteiger partial charge in [-0.25, -0.2) is 0 Å². The van der Waals surface area contributed by atoms with Crippen LogP contribution >= 0.6 is 0 Å². The van der Waals surface area contributed by atoms with Crippen LogP contribution in [0.3, 0.4) is 0 Å². The molecule has 142 valence electrons. The Morgan fingerprint density at radius 3 is 2.56 bits per heavy atom. The first kappa shape index (κ1) is 17.8. The molecule has 2 aromatic carbocycles. The fourth-order valence-corrected chi connectivity index (χ4v) is 3.72. The first-order valence-corrected chi connectivity index (χ1v) is 9.13. The van der Waals surface area contributed by atoms with Crippen molar-refractivity contribution in [2.24, 2.45) is 0 Å². The van der Waals surface area contributed by atoms with Crippen molar-refractivity contribution in [3.05, 3.63) is 53.6 Å². The number of hydrogen-bond acceptors (Lipinski definition) is 5. The number of nitrogens with zero attached hydrogens (tertiary/aromatic N) is 1. The van der Waals surface area contributed by atoms with Gasteiger partial charge < -0.3 is 23.8 Å². The highest BCUT2D eigenvalue weighted by Gasteiger charge is 2.56. The smallest absolute Gasteiger partial charge is 0.292 e. The van der Waals surface area contributed by atoms with Gasteiger partial charge in [-0.3, -0.25) is 4.79 Å². The van der Waals surface area contributed by atoms with Gasteiger partial charge in [-0.05, 0) is 31.0 Å². The predicted molar refractivity (Wildman–Crippen MR) is 100 cm³/mol. The summed E-state index contributed by atoms with van der Waals surface area (Å²) in [6, 6.07) is 13.4. The quantitative estimate of drug-likeness (QED) is 0.733. The lowest BCUT2D eigenvalue weighted by molar-refractivity contribution is -0.180. The van der Waals surface area contributed by atoms with Crippen LogP contribution in [0.5, 0.6) is 11.5 Å². The van der Waals surface area contributed by atoms with Crippen LogP contribution in [-0.4, -0.2) is 39.4 Å². The molecule has 2 aliphatic rings. The van der Waals surface area contributed by atoms with Gasteiger partial charge in [0.15, 0.2) is 11.5 Å². The van der Waals surface area contributed by atoms with Crippen LogP contribution < -0.4 is 14.4 Å². The number of amides is 1. The summed E-state index contributed by atoms with van der Waals surface area (Å²) < 4.78 is 22.7. The number of methoxy groups -OCH3 is 1. The molecular formula is C21H23NO5. The van der Waals surface area contributed by atoms with Gasteiger partial charge in [-0.2, -0.15) is 0 Å². The largest absolute Gasteiger partial charge is 0.493 e. The second-order valence-electron chi connectivity index (χ2n) is 6.59. The standard InChI is InChI=1S/C21H23NO5/c1-15-7-5-8-16-19(15)22(20(23)21(16)26-13-14-27-21)11-6-12-25-18-10-4-3-9-17(18)24-2/h3-5,7-10H,6,11-14H2,1-2H3. The molecule has 2 aromatic rings. The van der Waals surface area contributed by atoms with Gasteiger partial charge in [0.05, 0.1) is 32.6 Å². The summed E-state index contributed by atoms with van der Waals surface area (Å²) in [7, 11) is 1.62. The van der Waals surface area contributed by atoms with E-state index in [1.54, 1.807) is 12.0 Å². The minimum atomic E-state index is -1.27. The SMILES string of the molecule is COc1ccccc1OCCCN1C(=O)C2(OCCO2)c2cccc(C)c21. The molecule has 2 aliphatic heterocycles. The molecule has 1 amide bonds. The predicted octanol–water partition coefficient (Wildman–Crippen LogP) is 3.02. The highest BCUT2D eigenvalue weighted by Crippen LogP contribution is 2.47. The van der Waals surface area contributed by atoms with Gasteiger partial charge in [0.2, 0.25) is 0 Å². The van der Waals surface area contributed by atoms with Crippen LogP contribution in [0.1, 0.15) is 17.5 Å². The molecule has 0 saturated carbocycles. The van der Waals surface area contributed by atoms with E-state index < -0.39 is 5.79 Å². The average molecular weight is 369 g/mol. The maximum absolute atomic E-state index is 13.1. The molecule has 0 aliphatic carbocycles. The molecule has 0 N–H and O–H groups in total. The Balaban J connectivity index is 1.47. The van der Waals surface area contributed by atoms with E-state index in [4.69, 9.17) is 18.9 Å². The van der Waals surface area contributed by atoms with E-state index in [1.807, 2.05) is 49.4 Å². The van der Waals surface area contributed by atoms with E-state index in [-0.39, 0.29) is 5.91 Å². The third-order valence-electron chi connectivity index (χ3n) is 4.94. The highest BCUT2D eigenvalue weighted by molar-refractivity contribution is 6.07. The molecular weight excluding hydrogens is 346 g/mol. The Labute approximate surface area is 158 Å². The number of benzene rings is 2. The summed E-state index contributed by atoms with van der Waals surface area (Å²) in [5.41, 5.74) is 2.72. The first-order valence-electron chi connectivity index (χ1n) is 9.13. The highest BCUT2D eigenvalue weighted by atomic mass is 16.7. The lowest BCUT2D eigenvalue weighted by Gasteiger charge is -2.22. The molecule has 6 heteroatoms. The van der Waals surface area contributed by atoms with Gasteiger partial charge in [-0.1, -0.05) is 30.3 Å². The van der Waals surface area contributed by atoms with Crippen molar-refractivity contribution >= 4 is 11.6 Å². The third kappa shape index (κ3) is 2.95. The van der Waals surface area contributed by atoms with Crippen LogP contribution in [0.4, 0.5) is 5.69 Å². The summed E-state index contributed by atoms with van der Waals surface area (Å²) >= 11 is 0. The monoisotopic (exact) mass is 369 g/mol. The second kappa shape index (κ2) is 7.21. The van der Waals surface area contributed by atoms with Gasteiger partial charge in [0, 0.05) is 12.1 Å². The fourth-order valence-electron chi connectivity index (χ4n) is 3.72. The molecule has 0 unspecified atom stereocenters. The van der Waals surface area contributed by atoms with Crippen LogP contribution in [0, 0.1) is 6.92 Å². The Kier molecular flexibility index (Phi) is 4.76. The average Bonchev–Trinajstić information content (AvgIpc) is 3.27. The lowest BCUT2D eigenvalue weighted by Crippen LogP contribution is -2.41. The van der Waals surface area contributed by atoms with Crippen molar-refractivity contribution in [2.75, 3.05) is 38.4 Å². The van der Waals surface area contributed by atoms with Gasteiger partial charge >= 0.3 is 0 Å². The van der Waals surface area contributed by atoms with Gasteiger partial charge in [-0.15, -0.1) is 0 Å². The molecule has 27 heavy (non-hydrogen) atoms. The topological polar surface area (TPSA) is 57.2 Å². The van der Waals surface area contributed by atoms with Crippen LogP contribution in [0.15, 0.2) is 42.5 Å². The maximum atomic E-state index is 13.1. The molecule has 1 spiro atoms. The molecule has 1 saturated heterocycles. The zero-order valence-corrected chi connectivity index (χ0v) is 15.6. The fraction of sp³-hybridized carbons (Fsp3) is 0.381. The number of fused-ring (bicyclic) bond motifs is 2. The summed E-state index contributed by atoms with van der Waals surface area (Å²) in [4.78, 5) is 14.9. The van der Waals surface area contributed by atoms with E-state index in [0.717, 1.165) is 16.8 Å². The minimum Gasteiger partial charge on any atom is -0.493 e. The molecule has 1 fully saturated rings. The second-order valence-corrected chi connectivity index (χ2v) is 6.59. The summed E-state index contributed by atoms with van der Waals surface area (Å²) in [6.45, 7) is 3.84. The zero-order valence-electron chi connectivity index (χ0n) is 15.6. The van der Waals surface area contributed by atoms with Gasteiger partial charge in [0.25, 0.3) is 11.7 Å². The molecule has 0 radical (unpaired) electrons. The Morgan fingerprint density at radius 2 is 1.81 bits per heavy atom. The number of aryl methyl sites for hydroxylation is 1. The molecule has 2 heterocycles. The Hall–Kier alpha value is -2.57. The van der Waals surface area contributed by atoms with Crippen molar-refractivity contribution in [1.29, 1.82) is 0 Å². The Morgan fingerprint density at radius 1 is 1.07 bits per heavy atom. The molecule has 0 bridgehead atoms. The van der Waals surface area contributed by atoms with Crippen molar-refractivity contribution in [3.8, 4) is 11.5 Å². The molecule has 6 nitrogen and oxygen atoms in total. The van der Waals surface area contributed by atoms with E-state index >= 15 is 0 Å². The maximum Gasteiger partial charge on any atom is 0.292 e. The third-order valence-corrected chi connectivity index (χ3v) is 4.94. The van der Waals surface area contributed by atoms with E-state index in [1.165, 1.54) is 0 Å². The number of hydrogen-bond donors (Lipinski definition) is 0. The number of anilines is 1. The van der Waals surface area contributed by atoms with Crippen LogP contribution in [0.25, 0.3) is 0 Å². The minimum absolute atomic E-state index is 0.151. The van der Waals surface area contributed by atoms with Crippen LogP contribution in [0.2, 0.25) is 0 Å². The van der Waals surface area contributed by atoms with E-state index in [2.05, 4.69) is 0 Å². The van der Waals surface area contributed by atoms with Crippen molar-refractivity contribution < 1.29 is 23.7 Å². The van der Waals surface area contributed by atoms with E-state index in [9.17, 15) is 4.79 Å². The normalized spacial score (nSPS) is 17.4. The van der Waals surface area contributed by atoms with Crippen LogP contribution in [-0.2, 0) is 20.1 Å². The first-order chi connectivity index (χ1) is 13.2. The number of carbonyl (C=O) groups excluding carboxylic acids is 1.